The van der Waals surface area contributed by atoms with E-state index in [2.05, 4.69) is 25.0 Å². The molecule has 0 aliphatic rings. The van der Waals surface area contributed by atoms with Gasteiger partial charge in [0.25, 0.3) is 5.95 Å². The average molecular weight is 299 g/mol. The molecule has 0 spiro atoms. The Hall–Kier alpha value is -1.57. The van der Waals surface area contributed by atoms with Crippen molar-refractivity contribution in [1.82, 2.24) is 29.7 Å². The molecule has 0 aliphatic carbocycles. The van der Waals surface area contributed by atoms with Crippen molar-refractivity contribution in [3.63, 3.8) is 0 Å². The number of halogens is 2. The molecule has 6 nitrogen and oxygen atoms in total. The first-order valence-electron chi connectivity index (χ1n) is 4.74. The van der Waals surface area contributed by atoms with Gasteiger partial charge in [0.15, 0.2) is 5.82 Å². The first-order valence-corrected chi connectivity index (χ1v) is 6.32. The summed E-state index contributed by atoms with van der Waals surface area (Å²) in [5.41, 5.74) is 0. The van der Waals surface area contributed by atoms with E-state index in [-0.39, 0.29) is 5.28 Å². The minimum atomic E-state index is 0.0926. The fraction of sp³-hybridized carbons (Fsp3) is 0. The zero-order valence-corrected chi connectivity index (χ0v) is 11.0. The lowest BCUT2D eigenvalue weighted by atomic mass is 10.4. The number of hydrogen-bond acceptors (Lipinski definition) is 6. The van der Waals surface area contributed by atoms with Gasteiger partial charge in [0.05, 0.1) is 9.21 Å². The van der Waals surface area contributed by atoms with Crippen LogP contribution in [0, 0.1) is 0 Å². The van der Waals surface area contributed by atoms with Crippen LogP contribution in [0.5, 0.6) is 0 Å². The van der Waals surface area contributed by atoms with Gasteiger partial charge in [-0.25, -0.2) is 4.98 Å². The van der Waals surface area contributed by atoms with Crippen LogP contribution in [0.4, 0.5) is 0 Å². The van der Waals surface area contributed by atoms with Crippen LogP contribution in [0.25, 0.3) is 16.6 Å². The Balaban J connectivity index is 2.11. The van der Waals surface area contributed by atoms with E-state index in [0.717, 1.165) is 4.88 Å². The van der Waals surface area contributed by atoms with Crippen LogP contribution < -0.4 is 0 Å². The van der Waals surface area contributed by atoms with Crippen LogP contribution in [0.3, 0.4) is 0 Å². The fourth-order valence-electron chi connectivity index (χ4n) is 1.30. The Kier molecular flexibility index (Phi) is 2.94. The maximum Gasteiger partial charge on any atom is 0.256 e. The first-order chi connectivity index (χ1) is 8.72. The van der Waals surface area contributed by atoms with E-state index in [4.69, 9.17) is 23.2 Å². The van der Waals surface area contributed by atoms with E-state index >= 15 is 0 Å². The minimum absolute atomic E-state index is 0.0926. The molecule has 0 atom stereocenters. The van der Waals surface area contributed by atoms with Gasteiger partial charge in [-0.3, -0.25) is 0 Å². The predicted molar refractivity (Wildman–Crippen MR) is 68.1 cm³/mol. The molecule has 9 heteroatoms. The summed E-state index contributed by atoms with van der Waals surface area (Å²) < 4.78 is 2.07. The molecule has 3 rings (SSSR count). The standard InChI is InChI=1S/C9H4Cl2N6S/c10-6-2-1-5(18-6)7-14-8(11)16-9(15-7)17-4-12-3-13-17/h1-4H. The smallest absolute Gasteiger partial charge is 0.223 e. The summed E-state index contributed by atoms with van der Waals surface area (Å²) in [6, 6.07) is 3.60. The molecule has 0 saturated heterocycles. The van der Waals surface area contributed by atoms with E-state index in [1.54, 1.807) is 6.07 Å². The monoisotopic (exact) mass is 298 g/mol. The Morgan fingerprint density at radius 1 is 1.11 bits per heavy atom. The fourth-order valence-corrected chi connectivity index (χ4v) is 2.43. The summed E-state index contributed by atoms with van der Waals surface area (Å²) in [6.45, 7) is 0. The largest absolute Gasteiger partial charge is 0.256 e. The van der Waals surface area contributed by atoms with Gasteiger partial charge in [0, 0.05) is 0 Å². The molecule has 0 N–H and O–H groups in total. The van der Waals surface area contributed by atoms with Crippen molar-refractivity contribution in [2.24, 2.45) is 0 Å². The number of thiophene rings is 1. The third kappa shape index (κ3) is 2.20. The van der Waals surface area contributed by atoms with Gasteiger partial charge in [0.2, 0.25) is 5.28 Å². The van der Waals surface area contributed by atoms with Gasteiger partial charge in [-0.1, -0.05) is 11.6 Å². The summed E-state index contributed by atoms with van der Waals surface area (Å²) in [7, 11) is 0. The second-order valence-electron chi connectivity index (χ2n) is 3.17. The SMILES string of the molecule is Clc1nc(-c2ccc(Cl)s2)nc(-n2cncn2)n1. The van der Waals surface area contributed by atoms with Gasteiger partial charge in [0.1, 0.15) is 12.7 Å². The van der Waals surface area contributed by atoms with Crippen LogP contribution in [-0.4, -0.2) is 29.7 Å². The molecular weight excluding hydrogens is 295 g/mol. The predicted octanol–water partition coefficient (Wildman–Crippen LogP) is 2.49. The third-order valence-corrected chi connectivity index (χ3v) is 3.41. The van der Waals surface area contributed by atoms with Gasteiger partial charge in [-0.15, -0.1) is 11.3 Å². The van der Waals surface area contributed by atoms with Crippen LogP contribution >= 0.6 is 34.5 Å². The molecule has 90 valence electrons. The quantitative estimate of drug-likeness (QED) is 0.727. The molecular formula is C9H4Cl2N6S. The third-order valence-electron chi connectivity index (χ3n) is 2.01. The maximum atomic E-state index is 5.88. The molecule has 0 amide bonds. The Morgan fingerprint density at radius 3 is 2.67 bits per heavy atom. The molecule has 0 radical (unpaired) electrons. The van der Waals surface area contributed by atoms with Crippen LogP contribution in [0.2, 0.25) is 9.62 Å². The number of aromatic nitrogens is 6. The summed E-state index contributed by atoms with van der Waals surface area (Å²) in [6.07, 6.45) is 2.87. The highest BCUT2D eigenvalue weighted by molar-refractivity contribution is 7.19. The number of rotatable bonds is 2. The Morgan fingerprint density at radius 2 is 2.00 bits per heavy atom. The number of nitrogens with zero attached hydrogens (tertiary/aromatic N) is 6. The molecule has 3 heterocycles. The zero-order chi connectivity index (χ0) is 12.5. The molecule has 0 unspecified atom stereocenters. The second-order valence-corrected chi connectivity index (χ2v) is 5.23. The van der Waals surface area contributed by atoms with Gasteiger partial charge in [-0.05, 0) is 23.7 Å². The highest BCUT2D eigenvalue weighted by Crippen LogP contribution is 2.29. The van der Waals surface area contributed by atoms with Crippen molar-refractivity contribution in [2.75, 3.05) is 0 Å². The van der Waals surface area contributed by atoms with E-state index in [0.29, 0.717) is 16.1 Å². The van der Waals surface area contributed by atoms with Crippen molar-refractivity contribution < 1.29 is 0 Å². The molecule has 0 aliphatic heterocycles. The Labute approximate surface area is 115 Å². The highest BCUT2D eigenvalue weighted by Gasteiger charge is 2.11. The topological polar surface area (TPSA) is 69.4 Å². The van der Waals surface area contributed by atoms with Crippen LogP contribution in [0.15, 0.2) is 24.8 Å². The molecule has 3 aromatic heterocycles. The maximum absolute atomic E-state index is 5.88. The molecule has 18 heavy (non-hydrogen) atoms. The van der Waals surface area contributed by atoms with Crippen molar-refractivity contribution in [3.05, 3.63) is 34.4 Å². The first kappa shape index (κ1) is 11.5. The van der Waals surface area contributed by atoms with Crippen molar-refractivity contribution in [2.45, 2.75) is 0 Å². The molecule has 0 saturated carbocycles. The molecule has 0 aromatic carbocycles. The summed E-state index contributed by atoms with van der Waals surface area (Å²) in [5, 5.41) is 4.03. The summed E-state index contributed by atoms with van der Waals surface area (Å²) in [5.74, 6) is 0.768. The lowest BCUT2D eigenvalue weighted by Gasteiger charge is -2.01. The van der Waals surface area contributed by atoms with E-state index in [1.807, 2.05) is 6.07 Å². The van der Waals surface area contributed by atoms with Crippen LogP contribution in [0.1, 0.15) is 0 Å². The summed E-state index contributed by atoms with van der Waals surface area (Å²) in [4.78, 5) is 16.9. The van der Waals surface area contributed by atoms with Gasteiger partial charge in [-0.2, -0.15) is 24.7 Å². The van der Waals surface area contributed by atoms with Crippen molar-refractivity contribution >= 4 is 34.5 Å². The van der Waals surface area contributed by atoms with Crippen molar-refractivity contribution in [3.8, 4) is 16.6 Å². The van der Waals surface area contributed by atoms with E-state index < -0.39 is 0 Å². The van der Waals surface area contributed by atoms with Crippen molar-refractivity contribution in [1.29, 1.82) is 0 Å². The molecule has 0 fully saturated rings. The van der Waals surface area contributed by atoms with Gasteiger partial charge < -0.3 is 0 Å². The van der Waals surface area contributed by atoms with E-state index in [9.17, 15) is 0 Å². The number of hydrogen-bond donors (Lipinski definition) is 0. The Bertz CT molecular complexity index is 680. The highest BCUT2D eigenvalue weighted by atomic mass is 35.5. The average Bonchev–Trinajstić information content (AvgIpc) is 2.98. The summed E-state index contributed by atoms with van der Waals surface area (Å²) >= 11 is 13.1. The zero-order valence-electron chi connectivity index (χ0n) is 8.66. The lowest BCUT2D eigenvalue weighted by molar-refractivity contribution is 0.797. The molecule has 3 aromatic rings. The minimum Gasteiger partial charge on any atom is -0.223 e. The van der Waals surface area contributed by atoms with Gasteiger partial charge >= 0.3 is 0 Å². The second kappa shape index (κ2) is 4.60. The van der Waals surface area contributed by atoms with Crippen LogP contribution in [-0.2, 0) is 0 Å². The molecule has 0 bridgehead atoms. The normalized spacial score (nSPS) is 10.8. The van der Waals surface area contributed by atoms with E-state index in [1.165, 1.54) is 28.7 Å². The lowest BCUT2D eigenvalue weighted by Crippen LogP contribution is -2.04.